The van der Waals surface area contributed by atoms with Crippen molar-refractivity contribution in [1.82, 2.24) is 14.8 Å². The number of aromatic amines is 1. The predicted molar refractivity (Wildman–Crippen MR) is 75.1 cm³/mol. The van der Waals surface area contributed by atoms with Gasteiger partial charge in [-0.3, -0.25) is 4.57 Å². The van der Waals surface area contributed by atoms with Crippen molar-refractivity contribution >= 4 is 18.2 Å². The summed E-state index contributed by atoms with van der Waals surface area (Å²) in [6.45, 7) is 12.9. The summed E-state index contributed by atoms with van der Waals surface area (Å²) in [6, 6.07) is 0.335. The summed E-state index contributed by atoms with van der Waals surface area (Å²) in [7, 11) is 0. The normalized spacial score (nSPS) is 13.1. The lowest BCUT2D eigenvalue weighted by molar-refractivity contribution is 0.521. The summed E-state index contributed by atoms with van der Waals surface area (Å²) in [6.07, 6.45) is 1.18. The third-order valence-electron chi connectivity index (χ3n) is 3.10. The minimum absolute atomic E-state index is 0.335. The molecular formula is C12H24N4S. The van der Waals surface area contributed by atoms with Crippen LogP contribution in [0.4, 0.5) is 5.95 Å². The standard InChI is InChI=1S/C12H24N4S/c1-6-10(5)8-15(7-2)11-13-14-12(17)16(11)9(3)4/h9-10H,6-8H2,1-5H3,(H,14,17). The molecule has 0 aliphatic carbocycles. The summed E-state index contributed by atoms with van der Waals surface area (Å²) in [5.41, 5.74) is 0. The molecule has 4 nitrogen and oxygen atoms in total. The largest absolute Gasteiger partial charge is 0.341 e. The monoisotopic (exact) mass is 256 g/mol. The molecule has 0 aliphatic rings. The van der Waals surface area contributed by atoms with E-state index < -0.39 is 0 Å². The molecule has 1 unspecified atom stereocenters. The number of H-pyrrole nitrogens is 1. The molecule has 0 saturated carbocycles. The van der Waals surface area contributed by atoms with Gasteiger partial charge in [-0.05, 0) is 38.9 Å². The SMILES string of the molecule is CCC(C)CN(CC)c1n[nH]c(=S)n1C(C)C. The Hall–Kier alpha value is -0.840. The van der Waals surface area contributed by atoms with E-state index in [0.717, 1.165) is 19.0 Å². The van der Waals surface area contributed by atoms with E-state index in [1.54, 1.807) is 0 Å². The molecule has 1 atom stereocenters. The third kappa shape index (κ3) is 3.31. The van der Waals surface area contributed by atoms with Crippen molar-refractivity contribution in [2.45, 2.75) is 47.1 Å². The van der Waals surface area contributed by atoms with Crippen LogP contribution in [-0.2, 0) is 0 Å². The number of aromatic nitrogens is 3. The topological polar surface area (TPSA) is 36.9 Å². The van der Waals surface area contributed by atoms with Crippen LogP contribution >= 0.6 is 12.2 Å². The van der Waals surface area contributed by atoms with Gasteiger partial charge in [0.2, 0.25) is 5.95 Å². The number of rotatable bonds is 6. The van der Waals surface area contributed by atoms with Crippen LogP contribution < -0.4 is 4.90 Å². The lowest BCUT2D eigenvalue weighted by Crippen LogP contribution is -2.31. The van der Waals surface area contributed by atoms with Gasteiger partial charge in [-0.2, -0.15) is 0 Å². The van der Waals surface area contributed by atoms with E-state index in [4.69, 9.17) is 12.2 Å². The molecule has 1 heterocycles. The van der Waals surface area contributed by atoms with Crippen molar-refractivity contribution in [3.63, 3.8) is 0 Å². The number of nitrogens with zero attached hydrogens (tertiary/aromatic N) is 3. The van der Waals surface area contributed by atoms with E-state index in [2.05, 4.69) is 54.3 Å². The van der Waals surface area contributed by atoms with Gasteiger partial charge in [-0.1, -0.05) is 20.3 Å². The molecule has 1 aromatic rings. The van der Waals surface area contributed by atoms with Crippen LogP contribution in [0.25, 0.3) is 0 Å². The van der Waals surface area contributed by atoms with Crippen LogP contribution in [0.2, 0.25) is 0 Å². The van der Waals surface area contributed by atoms with E-state index in [-0.39, 0.29) is 0 Å². The number of nitrogens with one attached hydrogen (secondary N) is 1. The molecule has 1 aromatic heterocycles. The first-order valence-electron chi connectivity index (χ1n) is 6.43. The minimum atomic E-state index is 0.335. The Bertz CT molecular complexity index is 393. The molecule has 0 bridgehead atoms. The fourth-order valence-corrected chi connectivity index (χ4v) is 2.18. The van der Waals surface area contributed by atoms with Crippen LogP contribution in [0.5, 0.6) is 0 Å². The van der Waals surface area contributed by atoms with E-state index in [1.165, 1.54) is 6.42 Å². The Balaban J connectivity index is 3.00. The Kier molecular flexibility index (Phi) is 5.18. The molecule has 0 radical (unpaired) electrons. The van der Waals surface area contributed by atoms with Crippen molar-refractivity contribution in [3.05, 3.63) is 4.77 Å². The molecule has 1 N–H and O–H groups in total. The Labute approximate surface area is 109 Å². The van der Waals surface area contributed by atoms with Gasteiger partial charge in [-0.15, -0.1) is 5.10 Å². The lowest BCUT2D eigenvalue weighted by Gasteiger charge is -2.26. The second-order valence-corrected chi connectivity index (χ2v) is 5.23. The van der Waals surface area contributed by atoms with Crippen molar-refractivity contribution < 1.29 is 0 Å². The van der Waals surface area contributed by atoms with Crippen molar-refractivity contribution in [2.75, 3.05) is 18.0 Å². The van der Waals surface area contributed by atoms with Crippen LogP contribution in [0, 0.1) is 10.7 Å². The summed E-state index contributed by atoms with van der Waals surface area (Å²) in [5.74, 6) is 1.63. The van der Waals surface area contributed by atoms with Gasteiger partial charge in [-0.25, -0.2) is 5.10 Å². The Morgan fingerprint density at radius 3 is 2.47 bits per heavy atom. The molecule has 98 valence electrons. The average molecular weight is 256 g/mol. The summed E-state index contributed by atoms with van der Waals surface area (Å²) >= 11 is 5.28. The quantitative estimate of drug-likeness (QED) is 0.793. The first-order chi connectivity index (χ1) is 8.01. The number of anilines is 1. The maximum absolute atomic E-state index is 5.28. The van der Waals surface area contributed by atoms with Crippen LogP contribution in [-0.4, -0.2) is 27.9 Å². The number of hydrogen-bond donors (Lipinski definition) is 1. The Morgan fingerprint density at radius 2 is 2.00 bits per heavy atom. The highest BCUT2D eigenvalue weighted by atomic mass is 32.1. The minimum Gasteiger partial charge on any atom is -0.341 e. The van der Waals surface area contributed by atoms with E-state index in [0.29, 0.717) is 16.7 Å². The Morgan fingerprint density at radius 1 is 1.35 bits per heavy atom. The zero-order chi connectivity index (χ0) is 13.0. The number of hydrogen-bond acceptors (Lipinski definition) is 3. The first kappa shape index (κ1) is 14.2. The second kappa shape index (κ2) is 6.19. The summed E-state index contributed by atoms with van der Waals surface area (Å²) < 4.78 is 2.79. The van der Waals surface area contributed by atoms with Crippen LogP contribution in [0.15, 0.2) is 0 Å². The molecule has 5 heteroatoms. The highest BCUT2D eigenvalue weighted by molar-refractivity contribution is 7.71. The maximum atomic E-state index is 5.28. The van der Waals surface area contributed by atoms with Crippen LogP contribution in [0.1, 0.15) is 47.1 Å². The van der Waals surface area contributed by atoms with Crippen molar-refractivity contribution in [2.24, 2.45) is 5.92 Å². The highest BCUT2D eigenvalue weighted by Crippen LogP contribution is 2.18. The summed E-state index contributed by atoms with van der Waals surface area (Å²) in [4.78, 5) is 2.29. The molecular weight excluding hydrogens is 232 g/mol. The molecule has 0 aromatic carbocycles. The lowest BCUT2D eigenvalue weighted by atomic mass is 10.1. The van der Waals surface area contributed by atoms with Crippen LogP contribution in [0.3, 0.4) is 0 Å². The third-order valence-corrected chi connectivity index (χ3v) is 3.38. The fraction of sp³-hybridized carbons (Fsp3) is 0.833. The van der Waals surface area contributed by atoms with E-state index in [9.17, 15) is 0 Å². The average Bonchev–Trinajstić information content (AvgIpc) is 2.67. The van der Waals surface area contributed by atoms with Gasteiger partial charge in [0.1, 0.15) is 0 Å². The molecule has 1 rings (SSSR count). The van der Waals surface area contributed by atoms with Gasteiger partial charge < -0.3 is 4.90 Å². The molecule has 0 spiro atoms. The predicted octanol–water partition coefficient (Wildman–Crippen LogP) is 3.39. The molecule has 0 fully saturated rings. The smallest absolute Gasteiger partial charge is 0.225 e. The maximum Gasteiger partial charge on any atom is 0.225 e. The second-order valence-electron chi connectivity index (χ2n) is 4.84. The molecule has 17 heavy (non-hydrogen) atoms. The van der Waals surface area contributed by atoms with Gasteiger partial charge in [0.25, 0.3) is 0 Å². The summed E-state index contributed by atoms with van der Waals surface area (Å²) in [5, 5.41) is 7.27. The zero-order valence-corrected chi connectivity index (χ0v) is 12.3. The van der Waals surface area contributed by atoms with Gasteiger partial charge in [0.15, 0.2) is 4.77 Å². The van der Waals surface area contributed by atoms with Crippen molar-refractivity contribution in [1.29, 1.82) is 0 Å². The fourth-order valence-electron chi connectivity index (χ4n) is 1.84. The van der Waals surface area contributed by atoms with Gasteiger partial charge in [0.05, 0.1) is 0 Å². The molecule has 0 aliphatic heterocycles. The molecule has 0 saturated heterocycles. The van der Waals surface area contributed by atoms with Gasteiger partial charge >= 0.3 is 0 Å². The molecule has 0 amide bonds. The first-order valence-corrected chi connectivity index (χ1v) is 6.83. The zero-order valence-electron chi connectivity index (χ0n) is 11.5. The van der Waals surface area contributed by atoms with E-state index in [1.807, 2.05) is 0 Å². The van der Waals surface area contributed by atoms with Crippen molar-refractivity contribution in [3.8, 4) is 0 Å². The van der Waals surface area contributed by atoms with E-state index >= 15 is 0 Å². The van der Waals surface area contributed by atoms with Gasteiger partial charge in [0, 0.05) is 19.1 Å². The highest BCUT2D eigenvalue weighted by Gasteiger charge is 2.16.